The third kappa shape index (κ3) is 7.43. The molecule has 0 aromatic carbocycles. The highest BCUT2D eigenvalue weighted by molar-refractivity contribution is 5.67. The lowest BCUT2D eigenvalue weighted by atomic mass is 10.2. The minimum absolute atomic E-state index is 0.0946. The molecule has 0 radical (unpaired) electrons. The van der Waals surface area contributed by atoms with Crippen molar-refractivity contribution in [2.24, 2.45) is 5.73 Å². The van der Waals surface area contributed by atoms with Gasteiger partial charge in [0.1, 0.15) is 5.60 Å². The fraction of sp³-hybridized carbons (Fsp3) is 0.667. The van der Waals surface area contributed by atoms with Crippen LogP contribution in [-0.4, -0.2) is 52.8 Å². The van der Waals surface area contributed by atoms with Gasteiger partial charge >= 0.3 is 6.09 Å². The van der Waals surface area contributed by atoms with E-state index in [1.165, 1.54) is 0 Å². The molecule has 22 heavy (non-hydrogen) atoms. The Morgan fingerprint density at radius 2 is 1.68 bits per heavy atom. The molecule has 0 bridgehead atoms. The van der Waals surface area contributed by atoms with E-state index in [4.69, 9.17) is 16.2 Å². The van der Waals surface area contributed by atoms with Crippen molar-refractivity contribution in [2.75, 3.05) is 42.5 Å². The highest BCUT2D eigenvalue weighted by atomic mass is 16.6. The minimum Gasteiger partial charge on any atom is -0.444 e. The van der Waals surface area contributed by atoms with Crippen LogP contribution in [-0.2, 0) is 4.74 Å². The standard InChI is InChI=1S/C12H24N8O2/c1-12(2,3)22-11(21)17-7-6-16-10-19-8(14)18-9(20-10)15-5-4-13/h4-7,13H2,1-3H3,(H,17,21)(H4,14,15,16,18,19,20). The van der Waals surface area contributed by atoms with Crippen LogP contribution < -0.4 is 27.4 Å². The van der Waals surface area contributed by atoms with E-state index >= 15 is 0 Å². The summed E-state index contributed by atoms with van der Waals surface area (Å²) in [6.07, 6.45) is -0.477. The van der Waals surface area contributed by atoms with Gasteiger partial charge in [0, 0.05) is 26.2 Å². The van der Waals surface area contributed by atoms with Crippen molar-refractivity contribution < 1.29 is 9.53 Å². The molecular formula is C12H24N8O2. The van der Waals surface area contributed by atoms with Gasteiger partial charge in [-0.2, -0.15) is 15.0 Å². The zero-order valence-corrected chi connectivity index (χ0v) is 13.1. The van der Waals surface area contributed by atoms with Crippen LogP contribution in [0, 0.1) is 0 Å². The molecule has 10 nitrogen and oxygen atoms in total. The minimum atomic E-state index is -0.524. The molecule has 1 amide bonds. The van der Waals surface area contributed by atoms with E-state index in [2.05, 4.69) is 30.9 Å². The number of aromatic nitrogens is 3. The number of amides is 1. The number of nitrogens with one attached hydrogen (secondary N) is 3. The maximum Gasteiger partial charge on any atom is 0.407 e. The SMILES string of the molecule is CC(C)(C)OC(=O)NCCNc1nc(N)nc(NCCN)n1. The Kier molecular flexibility index (Phi) is 6.57. The number of hydrogen-bond acceptors (Lipinski definition) is 9. The molecule has 0 aliphatic carbocycles. The quantitative estimate of drug-likeness (QED) is 0.429. The first-order valence-corrected chi connectivity index (χ1v) is 6.96. The molecule has 10 heteroatoms. The normalized spacial score (nSPS) is 10.9. The summed E-state index contributed by atoms with van der Waals surface area (Å²) in [4.78, 5) is 23.5. The molecule has 1 heterocycles. The molecule has 1 aromatic heterocycles. The van der Waals surface area contributed by atoms with Gasteiger partial charge in [-0.05, 0) is 20.8 Å². The average Bonchev–Trinajstić information content (AvgIpc) is 2.39. The molecule has 0 fully saturated rings. The highest BCUT2D eigenvalue weighted by Gasteiger charge is 2.15. The smallest absolute Gasteiger partial charge is 0.407 e. The lowest BCUT2D eigenvalue weighted by Crippen LogP contribution is -2.35. The van der Waals surface area contributed by atoms with E-state index in [9.17, 15) is 4.79 Å². The third-order valence-electron chi connectivity index (χ3n) is 2.16. The second-order valence-corrected chi connectivity index (χ2v) is 5.41. The monoisotopic (exact) mass is 312 g/mol. The number of carbonyl (C=O) groups excluding carboxylic acids is 1. The molecule has 0 aliphatic rings. The van der Waals surface area contributed by atoms with Crippen LogP contribution in [0.15, 0.2) is 0 Å². The van der Waals surface area contributed by atoms with Gasteiger partial charge < -0.3 is 32.2 Å². The molecule has 0 atom stereocenters. The summed E-state index contributed by atoms with van der Waals surface area (Å²) in [5.74, 6) is 0.760. The summed E-state index contributed by atoms with van der Waals surface area (Å²) in [7, 11) is 0. The molecule has 0 unspecified atom stereocenters. The van der Waals surface area contributed by atoms with E-state index in [-0.39, 0.29) is 5.95 Å². The van der Waals surface area contributed by atoms with Crippen molar-refractivity contribution in [3.05, 3.63) is 0 Å². The Bertz CT molecular complexity index is 489. The van der Waals surface area contributed by atoms with Gasteiger partial charge in [-0.1, -0.05) is 0 Å². The van der Waals surface area contributed by atoms with Crippen LogP contribution >= 0.6 is 0 Å². The lowest BCUT2D eigenvalue weighted by Gasteiger charge is -2.19. The summed E-state index contributed by atoms with van der Waals surface area (Å²) >= 11 is 0. The maximum absolute atomic E-state index is 11.5. The van der Waals surface area contributed by atoms with Crippen LogP contribution in [0.3, 0.4) is 0 Å². The predicted octanol–water partition coefficient (Wildman–Crippen LogP) is -0.239. The number of carbonyl (C=O) groups is 1. The van der Waals surface area contributed by atoms with E-state index < -0.39 is 11.7 Å². The summed E-state index contributed by atoms with van der Waals surface area (Å²) < 4.78 is 5.11. The van der Waals surface area contributed by atoms with Gasteiger partial charge in [0.25, 0.3) is 0 Å². The molecule has 0 saturated heterocycles. The van der Waals surface area contributed by atoms with Crippen molar-refractivity contribution in [1.82, 2.24) is 20.3 Å². The second kappa shape index (κ2) is 8.17. The molecule has 1 aromatic rings. The van der Waals surface area contributed by atoms with Gasteiger partial charge in [0.05, 0.1) is 0 Å². The van der Waals surface area contributed by atoms with Crippen molar-refractivity contribution in [3.8, 4) is 0 Å². The van der Waals surface area contributed by atoms with E-state index in [1.54, 1.807) is 20.8 Å². The molecule has 1 rings (SSSR count). The number of hydrogen-bond donors (Lipinski definition) is 5. The lowest BCUT2D eigenvalue weighted by molar-refractivity contribution is 0.0530. The molecular weight excluding hydrogens is 288 g/mol. The zero-order chi connectivity index (χ0) is 16.6. The topological polar surface area (TPSA) is 153 Å². The molecule has 0 aliphatic heterocycles. The number of ether oxygens (including phenoxy) is 1. The van der Waals surface area contributed by atoms with Gasteiger partial charge in [-0.3, -0.25) is 0 Å². The second-order valence-electron chi connectivity index (χ2n) is 5.41. The average molecular weight is 312 g/mol. The van der Waals surface area contributed by atoms with Crippen molar-refractivity contribution >= 4 is 23.9 Å². The highest BCUT2D eigenvalue weighted by Crippen LogP contribution is 2.07. The molecule has 0 saturated carbocycles. The predicted molar refractivity (Wildman–Crippen MR) is 84.5 cm³/mol. The van der Waals surface area contributed by atoms with Crippen LogP contribution in [0.4, 0.5) is 22.6 Å². The van der Waals surface area contributed by atoms with Crippen LogP contribution in [0.25, 0.3) is 0 Å². The van der Waals surface area contributed by atoms with Crippen molar-refractivity contribution in [3.63, 3.8) is 0 Å². The number of anilines is 3. The van der Waals surface area contributed by atoms with E-state index in [0.717, 1.165) is 0 Å². The van der Waals surface area contributed by atoms with Crippen LogP contribution in [0.2, 0.25) is 0 Å². The summed E-state index contributed by atoms with van der Waals surface area (Å²) in [6.45, 7) is 7.15. The molecule has 124 valence electrons. The first-order chi connectivity index (χ1) is 10.3. The zero-order valence-electron chi connectivity index (χ0n) is 13.1. The number of nitrogens with two attached hydrogens (primary N) is 2. The maximum atomic E-state index is 11.5. The van der Waals surface area contributed by atoms with Crippen molar-refractivity contribution in [1.29, 1.82) is 0 Å². The van der Waals surface area contributed by atoms with Gasteiger partial charge in [0.2, 0.25) is 17.8 Å². The van der Waals surface area contributed by atoms with Crippen molar-refractivity contribution in [2.45, 2.75) is 26.4 Å². The first-order valence-electron chi connectivity index (χ1n) is 6.96. The Balaban J connectivity index is 2.38. The Morgan fingerprint density at radius 3 is 2.23 bits per heavy atom. The van der Waals surface area contributed by atoms with Crippen LogP contribution in [0.5, 0.6) is 0 Å². The van der Waals surface area contributed by atoms with Gasteiger partial charge in [0.15, 0.2) is 0 Å². The van der Waals surface area contributed by atoms with Gasteiger partial charge in [-0.15, -0.1) is 0 Å². The summed E-state index contributed by atoms with van der Waals surface area (Å²) in [5.41, 5.74) is 10.5. The number of rotatable bonds is 7. The fourth-order valence-electron chi connectivity index (χ4n) is 1.39. The number of nitrogens with zero attached hydrogens (tertiary/aromatic N) is 3. The molecule has 0 spiro atoms. The summed E-state index contributed by atoms with van der Waals surface area (Å²) in [6, 6.07) is 0. The molecule has 7 N–H and O–H groups in total. The summed E-state index contributed by atoms with van der Waals surface area (Å²) in [5, 5.41) is 8.46. The van der Waals surface area contributed by atoms with E-state index in [0.29, 0.717) is 38.1 Å². The Labute approximate surface area is 129 Å². The first kappa shape index (κ1) is 17.7. The fourth-order valence-corrected chi connectivity index (χ4v) is 1.39. The Morgan fingerprint density at radius 1 is 1.09 bits per heavy atom. The third-order valence-corrected chi connectivity index (χ3v) is 2.16. The number of nitrogen functional groups attached to an aromatic ring is 1. The number of alkyl carbamates (subject to hydrolysis) is 1. The largest absolute Gasteiger partial charge is 0.444 e. The Hall–Kier alpha value is -2.36. The van der Waals surface area contributed by atoms with E-state index in [1.807, 2.05) is 0 Å². The van der Waals surface area contributed by atoms with Crippen LogP contribution in [0.1, 0.15) is 20.8 Å². The van der Waals surface area contributed by atoms with Gasteiger partial charge in [-0.25, -0.2) is 4.79 Å².